The lowest BCUT2D eigenvalue weighted by Crippen LogP contribution is -2.47. The summed E-state index contributed by atoms with van der Waals surface area (Å²) < 4.78 is 0. The van der Waals surface area contributed by atoms with Crippen LogP contribution in [0.25, 0.3) is 0 Å². The van der Waals surface area contributed by atoms with Crippen LogP contribution in [-0.4, -0.2) is 29.9 Å². The topological polar surface area (TPSA) is 23.6 Å². The molecule has 24 heavy (non-hydrogen) atoms. The van der Waals surface area contributed by atoms with Crippen LogP contribution >= 0.6 is 0 Å². The molecule has 3 nitrogen and oxygen atoms in total. The van der Waals surface area contributed by atoms with E-state index in [2.05, 4.69) is 54.3 Å². The van der Waals surface area contributed by atoms with Crippen molar-refractivity contribution in [3.63, 3.8) is 0 Å². The third-order valence-corrected chi connectivity index (χ3v) is 5.36. The standard InChI is InChI=1S/C21H24N2O/c1-16-10-11-18-7-4-5-9-20(18)23(16)21(24)15-22-13-12-17-6-2-3-8-19(17)14-22/h2-9,16H,10-15H2,1H3. The smallest absolute Gasteiger partial charge is 0.241 e. The Labute approximate surface area is 143 Å². The highest BCUT2D eigenvalue weighted by molar-refractivity contribution is 5.96. The van der Waals surface area contributed by atoms with Gasteiger partial charge in [0.15, 0.2) is 0 Å². The fourth-order valence-electron chi connectivity index (χ4n) is 4.02. The van der Waals surface area contributed by atoms with Crippen LogP contribution in [0.4, 0.5) is 5.69 Å². The molecule has 3 heteroatoms. The lowest BCUT2D eigenvalue weighted by atomic mass is 9.96. The summed E-state index contributed by atoms with van der Waals surface area (Å²) in [5.74, 6) is 0.231. The Bertz CT molecular complexity index is 755. The average Bonchev–Trinajstić information content (AvgIpc) is 2.61. The molecule has 1 atom stereocenters. The highest BCUT2D eigenvalue weighted by atomic mass is 16.2. The van der Waals surface area contributed by atoms with E-state index in [0.717, 1.165) is 38.0 Å². The van der Waals surface area contributed by atoms with E-state index in [1.807, 2.05) is 11.0 Å². The minimum atomic E-state index is 0.231. The van der Waals surface area contributed by atoms with Gasteiger partial charge in [0.25, 0.3) is 0 Å². The lowest BCUT2D eigenvalue weighted by molar-refractivity contribution is -0.120. The van der Waals surface area contributed by atoms with Crippen LogP contribution in [0.1, 0.15) is 30.0 Å². The minimum Gasteiger partial charge on any atom is -0.308 e. The molecule has 124 valence electrons. The van der Waals surface area contributed by atoms with Gasteiger partial charge in [-0.15, -0.1) is 0 Å². The number of hydrogen-bond donors (Lipinski definition) is 0. The average molecular weight is 320 g/mol. The molecule has 0 radical (unpaired) electrons. The van der Waals surface area contributed by atoms with Gasteiger partial charge in [0, 0.05) is 24.8 Å². The highest BCUT2D eigenvalue weighted by Crippen LogP contribution is 2.30. The van der Waals surface area contributed by atoms with Crippen LogP contribution in [0.3, 0.4) is 0 Å². The summed E-state index contributed by atoms with van der Waals surface area (Å²) in [6.45, 7) is 4.52. The molecule has 0 saturated carbocycles. The first-order valence-corrected chi connectivity index (χ1v) is 8.91. The van der Waals surface area contributed by atoms with Crippen molar-refractivity contribution in [1.29, 1.82) is 0 Å². The first kappa shape index (κ1) is 15.4. The van der Waals surface area contributed by atoms with Crippen LogP contribution in [0.15, 0.2) is 48.5 Å². The molecule has 2 aromatic carbocycles. The van der Waals surface area contributed by atoms with Crippen molar-refractivity contribution >= 4 is 11.6 Å². The van der Waals surface area contributed by atoms with E-state index in [-0.39, 0.29) is 11.9 Å². The predicted octanol–water partition coefficient (Wildman–Crippen LogP) is 3.41. The second-order valence-electron chi connectivity index (χ2n) is 7.01. The normalized spacial score (nSPS) is 20.4. The van der Waals surface area contributed by atoms with Crippen molar-refractivity contribution in [2.45, 2.75) is 38.8 Å². The zero-order valence-corrected chi connectivity index (χ0v) is 14.2. The van der Waals surface area contributed by atoms with Crippen LogP contribution in [0, 0.1) is 0 Å². The van der Waals surface area contributed by atoms with Gasteiger partial charge in [-0.3, -0.25) is 9.69 Å². The maximum Gasteiger partial charge on any atom is 0.241 e. The Kier molecular flexibility index (Phi) is 4.11. The monoisotopic (exact) mass is 320 g/mol. The number of carbonyl (C=O) groups excluding carboxylic acids is 1. The molecule has 0 bridgehead atoms. The summed E-state index contributed by atoms with van der Waals surface area (Å²) in [6, 6.07) is 17.2. The summed E-state index contributed by atoms with van der Waals surface area (Å²) in [5, 5.41) is 0. The number of hydrogen-bond acceptors (Lipinski definition) is 2. The fourth-order valence-corrected chi connectivity index (χ4v) is 4.02. The number of amides is 1. The van der Waals surface area contributed by atoms with Gasteiger partial charge in [-0.25, -0.2) is 0 Å². The highest BCUT2D eigenvalue weighted by Gasteiger charge is 2.29. The molecule has 2 aliphatic heterocycles. The molecule has 0 aliphatic carbocycles. The molecule has 1 amide bonds. The van der Waals surface area contributed by atoms with Gasteiger partial charge in [-0.05, 0) is 48.9 Å². The molecule has 4 rings (SSSR count). The van der Waals surface area contributed by atoms with Gasteiger partial charge in [-0.2, -0.15) is 0 Å². The summed E-state index contributed by atoms with van der Waals surface area (Å²) in [4.78, 5) is 17.3. The quantitative estimate of drug-likeness (QED) is 0.846. The van der Waals surface area contributed by atoms with Crippen LogP contribution in [0.5, 0.6) is 0 Å². The largest absolute Gasteiger partial charge is 0.308 e. The fraction of sp³-hybridized carbons (Fsp3) is 0.381. The first-order valence-electron chi connectivity index (χ1n) is 8.91. The Morgan fingerprint density at radius 1 is 1.00 bits per heavy atom. The molecule has 2 heterocycles. The Morgan fingerprint density at radius 3 is 2.54 bits per heavy atom. The van der Waals surface area contributed by atoms with Gasteiger partial charge in [0.1, 0.15) is 0 Å². The van der Waals surface area contributed by atoms with Crippen molar-refractivity contribution in [3.8, 4) is 0 Å². The maximum atomic E-state index is 13.0. The molecular weight excluding hydrogens is 296 g/mol. The Hall–Kier alpha value is -2.13. The number of carbonyl (C=O) groups is 1. The molecule has 0 spiro atoms. The number of para-hydroxylation sites is 1. The predicted molar refractivity (Wildman–Crippen MR) is 97.1 cm³/mol. The van der Waals surface area contributed by atoms with Crippen LogP contribution in [0.2, 0.25) is 0 Å². The van der Waals surface area contributed by atoms with Crippen LogP contribution < -0.4 is 4.90 Å². The van der Waals surface area contributed by atoms with Crippen molar-refractivity contribution in [3.05, 3.63) is 65.2 Å². The zero-order chi connectivity index (χ0) is 16.5. The van der Waals surface area contributed by atoms with E-state index in [0.29, 0.717) is 6.54 Å². The number of nitrogens with zero attached hydrogens (tertiary/aromatic N) is 2. The SMILES string of the molecule is CC1CCc2ccccc2N1C(=O)CN1CCc2ccccc2C1. The van der Waals surface area contributed by atoms with E-state index in [9.17, 15) is 4.79 Å². The van der Waals surface area contributed by atoms with E-state index >= 15 is 0 Å². The molecular formula is C21H24N2O. The summed E-state index contributed by atoms with van der Waals surface area (Å²) in [6.07, 6.45) is 3.15. The molecule has 0 aromatic heterocycles. The third kappa shape index (κ3) is 2.84. The lowest BCUT2D eigenvalue weighted by Gasteiger charge is -2.37. The summed E-state index contributed by atoms with van der Waals surface area (Å²) in [5.41, 5.74) is 5.20. The van der Waals surface area contributed by atoms with Crippen molar-refractivity contribution < 1.29 is 4.79 Å². The number of rotatable bonds is 2. The van der Waals surface area contributed by atoms with Crippen LogP contribution in [-0.2, 0) is 24.2 Å². The van der Waals surface area contributed by atoms with Crippen molar-refractivity contribution in [1.82, 2.24) is 4.90 Å². The summed E-state index contributed by atoms with van der Waals surface area (Å²) in [7, 11) is 0. The van der Waals surface area contributed by atoms with Gasteiger partial charge in [0.05, 0.1) is 6.54 Å². The van der Waals surface area contributed by atoms with Gasteiger partial charge in [-0.1, -0.05) is 42.5 Å². The molecule has 0 N–H and O–H groups in total. The van der Waals surface area contributed by atoms with E-state index in [4.69, 9.17) is 0 Å². The molecule has 0 saturated heterocycles. The second kappa shape index (κ2) is 6.40. The minimum absolute atomic E-state index is 0.231. The number of benzene rings is 2. The van der Waals surface area contributed by atoms with Gasteiger partial charge in [0.2, 0.25) is 5.91 Å². The molecule has 0 fully saturated rings. The first-order chi connectivity index (χ1) is 11.7. The number of aryl methyl sites for hydroxylation is 1. The Morgan fingerprint density at radius 2 is 1.71 bits per heavy atom. The number of fused-ring (bicyclic) bond motifs is 2. The van der Waals surface area contributed by atoms with Crippen molar-refractivity contribution in [2.75, 3.05) is 18.0 Å². The second-order valence-corrected chi connectivity index (χ2v) is 7.01. The molecule has 1 unspecified atom stereocenters. The van der Waals surface area contributed by atoms with Gasteiger partial charge >= 0.3 is 0 Å². The zero-order valence-electron chi connectivity index (χ0n) is 14.2. The molecule has 2 aromatic rings. The maximum absolute atomic E-state index is 13.0. The van der Waals surface area contributed by atoms with E-state index < -0.39 is 0 Å². The van der Waals surface area contributed by atoms with Crippen molar-refractivity contribution in [2.24, 2.45) is 0 Å². The third-order valence-electron chi connectivity index (χ3n) is 5.36. The Balaban J connectivity index is 1.51. The van der Waals surface area contributed by atoms with E-state index in [1.54, 1.807) is 0 Å². The molecule has 2 aliphatic rings. The van der Waals surface area contributed by atoms with Gasteiger partial charge < -0.3 is 4.90 Å². The summed E-state index contributed by atoms with van der Waals surface area (Å²) >= 11 is 0. The number of anilines is 1. The van der Waals surface area contributed by atoms with E-state index in [1.165, 1.54) is 16.7 Å².